The zero-order valence-electron chi connectivity index (χ0n) is 12.2. The summed E-state index contributed by atoms with van der Waals surface area (Å²) in [6, 6.07) is 7.97. The Labute approximate surface area is 127 Å². The number of nitrogens with one attached hydrogen (secondary N) is 1. The van der Waals surface area contributed by atoms with Gasteiger partial charge in [0.05, 0.1) is 11.1 Å². The Morgan fingerprint density at radius 2 is 1.95 bits per heavy atom. The highest BCUT2D eigenvalue weighted by atomic mass is 16.2. The predicted octanol–water partition coefficient (Wildman–Crippen LogP) is 1.19. The van der Waals surface area contributed by atoms with E-state index in [4.69, 9.17) is 5.73 Å². The third-order valence-corrected chi connectivity index (χ3v) is 3.31. The highest BCUT2D eigenvalue weighted by molar-refractivity contribution is 6.06. The standard InChI is InChI=1S/C16H17N3O3/c1-10(20)7-8-13(15(17)21)19-16(22)12-6-2-4-11-5-3-9-18-14(11)12/h2-6,9,13H,7-8H2,1H3,(H2,17,21)(H,19,22)/t13-/m1/s1. The number of carbonyl (C=O) groups excluding carboxylic acids is 3. The molecule has 0 fully saturated rings. The fourth-order valence-electron chi connectivity index (χ4n) is 2.16. The highest BCUT2D eigenvalue weighted by Gasteiger charge is 2.20. The van der Waals surface area contributed by atoms with Gasteiger partial charge >= 0.3 is 0 Å². The van der Waals surface area contributed by atoms with Crippen LogP contribution in [0.2, 0.25) is 0 Å². The lowest BCUT2D eigenvalue weighted by Gasteiger charge is -2.15. The molecule has 6 heteroatoms. The molecule has 0 aliphatic heterocycles. The Bertz CT molecular complexity index is 722. The summed E-state index contributed by atoms with van der Waals surface area (Å²) in [6.45, 7) is 1.43. The number of para-hydroxylation sites is 1. The molecule has 0 saturated heterocycles. The Hall–Kier alpha value is -2.76. The van der Waals surface area contributed by atoms with Crippen LogP contribution in [-0.2, 0) is 9.59 Å². The van der Waals surface area contributed by atoms with Crippen LogP contribution >= 0.6 is 0 Å². The quantitative estimate of drug-likeness (QED) is 0.836. The van der Waals surface area contributed by atoms with Crippen LogP contribution < -0.4 is 11.1 Å². The number of hydrogen-bond donors (Lipinski definition) is 2. The van der Waals surface area contributed by atoms with Gasteiger partial charge in [-0.15, -0.1) is 0 Å². The first-order valence-corrected chi connectivity index (χ1v) is 6.92. The van der Waals surface area contributed by atoms with Gasteiger partial charge in [-0.3, -0.25) is 14.6 Å². The summed E-state index contributed by atoms with van der Waals surface area (Å²) in [4.78, 5) is 39.0. The summed E-state index contributed by atoms with van der Waals surface area (Å²) in [7, 11) is 0. The lowest BCUT2D eigenvalue weighted by molar-refractivity contribution is -0.120. The minimum atomic E-state index is -0.879. The molecule has 2 amide bonds. The molecule has 0 radical (unpaired) electrons. The minimum absolute atomic E-state index is 0.0627. The number of carbonyl (C=O) groups is 3. The van der Waals surface area contributed by atoms with Gasteiger partial charge in [-0.05, 0) is 25.5 Å². The number of benzene rings is 1. The van der Waals surface area contributed by atoms with E-state index in [1.54, 1.807) is 24.4 Å². The van der Waals surface area contributed by atoms with Crippen LogP contribution in [0.25, 0.3) is 10.9 Å². The average molecular weight is 299 g/mol. The Morgan fingerprint density at radius 1 is 1.23 bits per heavy atom. The molecule has 0 saturated carbocycles. The molecule has 1 heterocycles. The lowest BCUT2D eigenvalue weighted by atomic mass is 10.1. The minimum Gasteiger partial charge on any atom is -0.368 e. The van der Waals surface area contributed by atoms with Crippen molar-refractivity contribution in [1.29, 1.82) is 0 Å². The van der Waals surface area contributed by atoms with Gasteiger partial charge in [0.2, 0.25) is 5.91 Å². The second-order valence-corrected chi connectivity index (χ2v) is 5.05. The summed E-state index contributed by atoms with van der Waals surface area (Å²) < 4.78 is 0. The number of pyridine rings is 1. The van der Waals surface area contributed by atoms with Gasteiger partial charge in [-0.25, -0.2) is 0 Å². The molecule has 1 atom stereocenters. The number of rotatable bonds is 6. The van der Waals surface area contributed by atoms with Crippen molar-refractivity contribution in [3.63, 3.8) is 0 Å². The van der Waals surface area contributed by atoms with Crippen molar-refractivity contribution in [1.82, 2.24) is 10.3 Å². The van der Waals surface area contributed by atoms with Gasteiger partial charge in [0.15, 0.2) is 0 Å². The van der Waals surface area contributed by atoms with Crippen LogP contribution in [-0.4, -0.2) is 28.6 Å². The molecule has 0 spiro atoms. The van der Waals surface area contributed by atoms with Crippen LogP contribution in [0.4, 0.5) is 0 Å². The van der Waals surface area contributed by atoms with E-state index in [9.17, 15) is 14.4 Å². The third-order valence-electron chi connectivity index (χ3n) is 3.31. The van der Waals surface area contributed by atoms with E-state index >= 15 is 0 Å². The molecular weight excluding hydrogens is 282 g/mol. The second kappa shape index (κ2) is 6.80. The first-order valence-electron chi connectivity index (χ1n) is 6.92. The van der Waals surface area contributed by atoms with E-state index < -0.39 is 17.9 Å². The van der Waals surface area contributed by atoms with Crippen LogP contribution in [0.3, 0.4) is 0 Å². The van der Waals surface area contributed by atoms with Gasteiger partial charge < -0.3 is 15.8 Å². The normalized spacial score (nSPS) is 11.9. The Kier molecular flexibility index (Phi) is 4.83. The first kappa shape index (κ1) is 15.6. The SMILES string of the molecule is CC(=O)CC[C@@H](NC(=O)c1cccc2cccnc12)C(N)=O. The van der Waals surface area contributed by atoms with Gasteiger partial charge in [-0.2, -0.15) is 0 Å². The Balaban J connectivity index is 2.22. The maximum atomic E-state index is 12.4. The molecule has 0 aliphatic carbocycles. The maximum Gasteiger partial charge on any atom is 0.254 e. The molecule has 0 aliphatic rings. The van der Waals surface area contributed by atoms with Gasteiger partial charge in [0.1, 0.15) is 11.8 Å². The number of nitrogens with two attached hydrogens (primary N) is 1. The summed E-state index contributed by atoms with van der Waals surface area (Å²) in [5.74, 6) is -1.16. The first-order chi connectivity index (χ1) is 10.5. The number of primary amides is 1. The second-order valence-electron chi connectivity index (χ2n) is 5.05. The molecule has 22 heavy (non-hydrogen) atoms. The smallest absolute Gasteiger partial charge is 0.254 e. The number of Topliss-reactive ketones (excluding diaryl/α,β-unsaturated/α-hetero) is 1. The van der Waals surface area contributed by atoms with Crippen molar-refractivity contribution in [3.05, 3.63) is 42.1 Å². The molecule has 2 rings (SSSR count). The van der Waals surface area contributed by atoms with Crippen molar-refractivity contribution in [2.24, 2.45) is 5.73 Å². The van der Waals surface area contributed by atoms with Crippen molar-refractivity contribution >= 4 is 28.5 Å². The molecule has 1 aromatic heterocycles. The van der Waals surface area contributed by atoms with Gasteiger partial charge in [0.25, 0.3) is 5.91 Å². The molecule has 0 unspecified atom stereocenters. The van der Waals surface area contributed by atoms with Crippen molar-refractivity contribution in [2.45, 2.75) is 25.8 Å². The van der Waals surface area contributed by atoms with Gasteiger partial charge in [0, 0.05) is 18.0 Å². The van der Waals surface area contributed by atoms with Crippen LogP contribution in [0.5, 0.6) is 0 Å². The monoisotopic (exact) mass is 299 g/mol. The van der Waals surface area contributed by atoms with Crippen molar-refractivity contribution in [3.8, 4) is 0 Å². The fourth-order valence-corrected chi connectivity index (χ4v) is 2.16. The molecule has 1 aromatic carbocycles. The van der Waals surface area contributed by atoms with Crippen molar-refractivity contribution < 1.29 is 14.4 Å². The largest absolute Gasteiger partial charge is 0.368 e. The average Bonchev–Trinajstić information content (AvgIpc) is 2.50. The summed E-state index contributed by atoms with van der Waals surface area (Å²) in [5.41, 5.74) is 6.20. The number of ketones is 1. The number of fused-ring (bicyclic) bond motifs is 1. The number of hydrogen-bond acceptors (Lipinski definition) is 4. The molecular formula is C16H17N3O3. The van der Waals surface area contributed by atoms with E-state index in [1.165, 1.54) is 6.92 Å². The topological polar surface area (TPSA) is 102 Å². The van der Waals surface area contributed by atoms with E-state index in [0.29, 0.717) is 11.1 Å². The van der Waals surface area contributed by atoms with Crippen LogP contribution in [0, 0.1) is 0 Å². The number of amides is 2. The van der Waals surface area contributed by atoms with E-state index in [2.05, 4.69) is 10.3 Å². The van der Waals surface area contributed by atoms with E-state index in [1.807, 2.05) is 12.1 Å². The highest BCUT2D eigenvalue weighted by Crippen LogP contribution is 2.16. The summed E-state index contributed by atoms with van der Waals surface area (Å²) in [5, 5.41) is 3.40. The van der Waals surface area contributed by atoms with E-state index in [-0.39, 0.29) is 18.6 Å². The van der Waals surface area contributed by atoms with Crippen LogP contribution in [0.15, 0.2) is 36.5 Å². The Morgan fingerprint density at radius 3 is 2.64 bits per heavy atom. The third kappa shape index (κ3) is 3.66. The maximum absolute atomic E-state index is 12.4. The van der Waals surface area contributed by atoms with Gasteiger partial charge in [-0.1, -0.05) is 18.2 Å². The van der Waals surface area contributed by atoms with Crippen LogP contribution in [0.1, 0.15) is 30.1 Å². The zero-order chi connectivity index (χ0) is 16.1. The molecule has 114 valence electrons. The lowest BCUT2D eigenvalue weighted by Crippen LogP contribution is -2.44. The molecule has 6 nitrogen and oxygen atoms in total. The van der Waals surface area contributed by atoms with Crippen molar-refractivity contribution in [2.75, 3.05) is 0 Å². The van der Waals surface area contributed by atoms with E-state index in [0.717, 1.165) is 5.39 Å². The molecule has 3 N–H and O–H groups in total. The number of nitrogens with zero attached hydrogens (tertiary/aromatic N) is 1. The fraction of sp³-hybridized carbons (Fsp3) is 0.250. The zero-order valence-corrected chi connectivity index (χ0v) is 12.2. The summed E-state index contributed by atoms with van der Waals surface area (Å²) >= 11 is 0. The molecule has 2 aromatic rings. The number of aromatic nitrogens is 1. The molecule has 0 bridgehead atoms. The predicted molar refractivity (Wildman–Crippen MR) is 82.1 cm³/mol. The summed E-state index contributed by atoms with van der Waals surface area (Å²) in [6.07, 6.45) is 1.97.